The van der Waals surface area contributed by atoms with Crippen LogP contribution in [0.3, 0.4) is 0 Å². The molecule has 1 rings (SSSR count). The molecular weight excluding hydrogens is 250 g/mol. The number of carboxylic acid groups (broad SMARTS) is 2. The molecule has 0 bridgehead atoms. The van der Waals surface area contributed by atoms with Gasteiger partial charge in [-0.3, -0.25) is 14.9 Å². The van der Waals surface area contributed by atoms with Gasteiger partial charge in [0.15, 0.2) is 0 Å². The highest BCUT2D eigenvalue weighted by atomic mass is 33.5. The van der Waals surface area contributed by atoms with Gasteiger partial charge in [0.25, 0.3) is 11.8 Å². The molecule has 0 aromatic heterocycles. The normalized spacial score (nSPS) is 11.9. The summed E-state index contributed by atoms with van der Waals surface area (Å²) in [6.45, 7) is 0. The molecule has 0 unspecified atom stereocenters. The van der Waals surface area contributed by atoms with Crippen molar-refractivity contribution in [3.8, 4) is 0 Å². The molecule has 0 aromatic rings. The SMILES string of the molecule is O=C(O)O.O=C1C=CC(=O)N1.SSS. The van der Waals surface area contributed by atoms with Crippen LogP contribution in [0.15, 0.2) is 12.2 Å². The highest BCUT2D eigenvalue weighted by molar-refractivity contribution is 9.01. The number of nitrogens with one attached hydrogen (secondary N) is 1. The molecule has 0 saturated heterocycles. The molecule has 0 saturated carbocycles. The Morgan fingerprint density at radius 1 is 1.21 bits per heavy atom. The standard InChI is InChI=1S/C4H3NO2.CH2O3.H2S3/c6-3-1-2-4(7)5-3;2-1(3)4;1-3-2/h1-2H,(H,5,6,7);(H2,2,3,4);1-2H. The van der Waals surface area contributed by atoms with E-state index in [1.165, 1.54) is 12.2 Å². The number of thiol groups is 2. The van der Waals surface area contributed by atoms with Crippen molar-refractivity contribution in [1.82, 2.24) is 5.32 Å². The summed E-state index contributed by atoms with van der Waals surface area (Å²) in [6, 6.07) is 0. The molecule has 2 amide bonds. The third-order valence-electron chi connectivity index (χ3n) is 0.632. The zero-order chi connectivity index (χ0) is 11.6. The topological polar surface area (TPSA) is 104 Å². The Labute approximate surface area is 93.4 Å². The van der Waals surface area contributed by atoms with Gasteiger partial charge in [0, 0.05) is 12.2 Å². The number of hydrogen-bond donors (Lipinski definition) is 5. The van der Waals surface area contributed by atoms with E-state index in [9.17, 15) is 9.59 Å². The van der Waals surface area contributed by atoms with Gasteiger partial charge in [-0.25, -0.2) is 4.79 Å². The Morgan fingerprint density at radius 2 is 1.43 bits per heavy atom. The van der Waals surface area contributed by atoms with Crippen LogP contribution in [0, 0.1) is 0 Å². The maximum absolute atomic E-state index is 10.0. The van der Waals surface area contributed by atoms with Crippen molar-refractivity contribution in [3.05, 3.63) is 12.2 Å². The van der Waals surface area contributed by atoms with Crippen LogP contribution in [-0.4, -0.2) is 28.2 Å². The number of rotatable bonds is 0. The van der Waals surface area contributed by atoms with Crippen LogP contribution < -0.4 is 5.32 Å². The van der Waals surface area contributed by atoms with Crippen LogP contribution in [-0.2, 0) is 9.59 Å². The van der Waals surface area contributed by atoms with E-state index in [0.717, 1.165) is 9.83 Å². The van der Waals surface area contributed by atoms with Gasteiger partial charge < -0.3 is 10.2 Å². The summed E-state index contributed by atoms with van der Waals surface area (Å²) in [5, 5.41) is 16.0. The molecule has 1 heterocycles. The fourth-order valence-corrected chi connectivity index (χ4v) is 0.356. The molecule has 0 spiro atoms. The number of imide groups is 1. The molecule has 80 valence electrons. The van der Waals surface area contributed by atoms with Crippen molar-refractivity contribution >= 4 is 51.1 Å². The lowest BCUT2D eigenvalue weighted by atomic mass is 10.6. The van der Waals surface area contributed by atoms with Crippen molar-refractivity contribution in [1.29, 1.82) is 0 Å². The Kier molecular flexibility index (Phi) is 11.5. The first-order chi connectivity index (χ1) is 6.43. The first-order valence-electron chi connectivity index (χ1n) is 2.84. The van der Waals surface area contributed by atoms with E-state index < -0.39 is 6.16 Å². The van der Waals surface area contributed by atoms with Crippen LogP contribution in [0.2, 0.25) is 0 Å². The van der Waals surface area contributed by atoms with E-state index in [0.29, 0.717) is 0 Å². The van der Waals surface area contributed by atoms with Gasteiger partial charge in [0.2, 0.25) is 0 Å². The second kappa shape index (κ2) is 10.3. The lowest BCUT2D eigenvalue weighted by Gasteiger charge is -1.80. The van der Waals surface area contributed by atoms with E-state index in [1.54, 1.807) is 0 Å². The summed E-state index contributed by atoms with van der Waals surface area (Å²) in [7, 11) is 1.14. The van der Waals surface area contributed by atoms with Gasteiger partial charge in [-0.05, 0) is 9.83 Å². The highest BCUT2D eigenvalue weighted by Gasteiger charge is 2.06. The second-order valence-electron chi connectivity index (χ2n) is 1.55. The number of amides is 2. The highest BCUT2D eigenvalue weighted by Crippen LogP contribution is 2.06. The summed E-state index contributed by atoms with van der Waals surface area (Å²) in [4.78, 5) is 28.6. The Bertz CT molecular complexity index is 222. The molecule has 1 aliphatic rings. The smallest absolute Gasteiger partial charge is 0.450 e. The van der Waals surface area contributed by atoms with Gasteiger partial charge in [0.05, 0.1) is 0 Å². The number of carbonyl (C=O) groups is 3. The molecule has 0 radical (unpaired) electrons. The predicted octanol–water partition coefficient (Wildman–Crippen LogP) is 0.831. The molecule has 0 atom stereocenters. The molecular formula is C5H7NO5S3. The van der Waals surface area contributed by atoms with Crippen LogP contribution in [0.4, 0.5) is 4.79 Å². The predicted molar refractivity (Wildman–Crippen MR) is 58.5 cm³/mol. The van der Waals surface area contributed by atoms with Gasteiger partial charge in [-0.15, -0.1) is 0 Å². The first kappa shape index (κ1) is 15.7. The lowest BCUT2D eigenvalue weighted by molar-refractivity contribution is -0.123. The molecule has 14 heavy (non-hydrogen) atoms. The fourth-order valence-electron chi connectivity index (χ4n) is 0.356. The molecule has 0 aliphatic carbocycles. The Balaban J connectivity index is 0. The summed E-state index contributed by atoms with van der Waals surface area (Å²) in [5.41, 5.74) is 0. The van der Waals surface area contributed by atoms with Crippen molar-refractivity contribution in [3.63, 3.8) is 0 Å². The van der Waals surface area contributed by atoms with E-state index in [2.05, 4.69) is 23.3 Å². The lowest BCUT2D eigenvalue weighted by Crippen LogP contribution is -2.19. The molecule has 1 aliphatic heterocycles. The molecule has 9 heteroatoms. The zero-order valence-corrected chi connectivity index (χ0v) is 9.18. The van der Waals surface area contributed by atoms with E-state index in [4.69, 9.17) is 15.0 Å². The third-order valence-corrected chi connectivity index (χ3v) is 0.632. The minimum atomic E-state index is -1.83. The minimum Gasteiger partial charge on any atom is -0.450 e. The van der Waals surface area contributed by atoms with Crippen LogP contribution in [0.1, 0.15) is 0 Å². The van der Waals surface area contributed by atoms with Crippen molar-refractivity contribution in [2.75, 3.05) is 0 Å². The van der Waals surface area contributed by atoms with E-state index >= 15 is 0 Å². The summed E-state index contributed by atoms with van der Waals surface area (Å²) in [5.74, 6) is -0.657. The van der Waals surface area contributed by atoms with E-state index in [1.807, 2.05) is 5.32 Å². The Morgan fingerprint density at radius 3 is 1.50 bits per heavy atom. The number of hydrogen-bond acceptors (Lipinski definition) is 6. The van der Waals surface area contributed by atoms with E-state index in [-0.39, 0.29) is 11.8 Å². The maximum atomic E-state index is 10.0. The molecule has 0 aromatic carbocycles. The zero-order valence-electron chi connectivity index (χ0n) is 6.58. The van der Waals surface area contributed by atoms with Gasteiger partial charge in [-0.1, -0.05) is 23.3 Å². The van der Waals surface area contributed by atoms with Crippen molar-refractivity contribution in [2.45, 2.75) is 0 Å². The maximum Gasteiger partial charge on any atom is 0.503 e. The molecule has 6 nitrogen and oxygen atoms in total. The summed E-state index contributed by atoms with van der Waals surface area (Å²) >= 11 is 7.14. The van der Waals surface area contributed by atoms with Crippen LogP contribution >= 0.6 is 33.1 Å². The van der Waals surface area contributed by atoms with Gasteiger partial charge in [-0.2, -0.15) is 0 Å². The Hall–Kier alpha value is -0.800. The number of carbonyl (C=O) groups excluding carboxylic acids is 2. The summed E-state index contributed by atoms with van der Waals surface area (Å²) in [6.07, 6.45) is 0.560. The van der Waals surface area contributed by atoms with Crippen LogP contribution in [0.25, 0.3) is 0 Å². The largest absolute Gasteiger partial charge is 0.503 e. The molecule has 3 N–H and O–H groups in total. The minimum absolute atomic E-state index is 0.329. The fraction of sp³-hybridized carbons (Fsp3) is 0. The summed E-state index contributed by atoms with van der Waals surface area (Å²) < 4.78 is 0. The average Bonchev–Trinajstić information content (AvgIpc) is 2.34. The molecule has 0 fully saturated rings. The quantitative estimate of drug-likeness (QED) is 0.250. The van der Waals surface area contributed by atoms with Gasteiger partial charge in [0.1, 0.15) is 0 Å². The van der Waals surface area contributed by atoms with Crippen LogP contribution in [0.5, 0.6) is 0 Å². The average molecular weight is 257 g/mol. The first-order valence-corrected chi connectivity index (χ1v) is 5.76. The van der Waals surface area contributed by atoms with Crippen molar-refractivity contribution < 1.29 is 24.6 Å². The monoisotopic (exact) mass is 257 g/mol. The van der Waals surface area contributed by atoms with Crippen molar-refractivity contribution in [2.24, 2.45) is 0 Å². The van der Waals surface area contributed by atoms with Gasteiger partial charge >= 0.3 is 6.16 Å². The third kappa shape index (κ3) is 17.3. The second-order valence-corrected chi connectivity index (χ2v) is 3.67.